The number of allylic oxidation sites excluding steroid dienone is 4. The van der Waals surface area contributed by atoms with Crippen LogP contribution in [0, 0.1) is 5.92 Å². The average Bonchev–Trinajstić information content (AvgIpc) is 2.47. The predicted octanol–water partition coefficient (Wildman–Crippen LogP) is 2.28. The van der Waals surface area contributed by atoms with Gasteiger partial charge in [0.15, 0.2) is 0 Å². The van der Waals surface area contributed by atoms with E-state index < -0.39 is 12.2 Å². The van der Waals surface area contributed by atoms with Gasteiger partial charge in [0.2, 0.25) is 0 Å². The second kappa shape index (κ2) is 4.47. The Kier molecular flexibility index (Phi) is 3.18. The summed E-state index contributed by atoms with van der Waals surface area (Å²) >= 11 is 0. The van der Waals surface area contributed by atoms with E-state index in [1.165, 1.54) is 0 Å². The summed E-state index contributed by atoms with van der Waals surface area (Å²) < 4.78 is 0. The third-order valence-electron chi connectivity index (χ3n) is 3.53. The van der Waals surface area contributed by atoms with E-state index in [1.807, 2.05) is 38.2 Å². The molecule has 0 saturated heterocycles. The number of aliphatic hydroxyl groups excluding tert-OH is 2. The molecule has 0 amide bonds. The standard InChI is InChI=1S/C15H18O2/c1-4-10-6-7-12-13(8-9(10)3)15(17)11(5-2)14(12)16/h4-8,10,14-17H,1H2,2-3H3/b11-5+. The Labute approximate surface area is 102 Å². The fraction of sp³-hybridized carbons (Fsp3) is 0.333. The maximum absolute atomic E-state index is 10.2. The molecule has 0 aliphatic heterocycles. The van der Waals surface area contributed by atoms with Gasteiger partial charge in [-0.2, -0.15) is 0 Å². The molecule has 0 aromatic rings. The maximum atomic E-state index is 10.2. The second-order valence-electron chi connectivity index (χ2n) is 4.51. The minimum absolute atomic E-state index is 0.175. The molecular weight excluding hydrogens is 212 g/mol. The Balaban J connectivity index is 2.49. The highest BCUT2D eigenvalue weighted by Crippen LogP contribution is 2.37. The van der Waals surface area contributed by atoms with Gasteiger partial charge in [-0.3, -0.25) is 0 Å². The van der Waals surface area contributed by atoms with Crippen LogP contribution in [-0.2, 0) is 0 Å². The largest absolute Gasteiger partial charge is 0.384 e. The molecule has 0 aromatic heterocycles. The van der Waals surface area contributed by atoms with E-state index in [0.717, 1.165) is 16.7 Å². The monoisotopic (exact) mass is 230 g/mol. The highest BCUT2D eigenvalue weighted by atomic mass is 16.3. The van der Waals surface area contributed by atoms with Crippen LogP contribution in [0.3, 0.4) is 0 Å². The summed E-state index contributed by atoms with van der Waals surface area (Å²) in [4.78, 5) is 0. The van der Waals surface area contributed by atoms with Crippen LogP contribution in [0.25, 0.3) is 0 Å². The molecule has 3 unspecified atom stereocenters. The predicted molar refractivity (Wildman–Crippen MR) is 69.4 cm³/mol. The molecule has 0 radical (unpaired) electrons. The molecule has 0 bridgehead atoms. The molecule has 2 heteroatoms. The zero-order valence-electron chi connectivity index (χ0n) is 10.2. The van der Waals surface area contributed by atoms with Crippen molar-refractivity contribution in [2.45, 2.75) is 26.1 Å². The minimum Gasteiger partial charge on any atom is -0.384 e. The fourth-order valence-corrected chi connectivity index (χ4v) is 2.45. The first kappa shape index (κ1) is 12.1. The zero-order valence-corrected chi connectivity index (χ0v) is 10.2. The summed E-state index contributed by atoms with van der Waals surface area (Å²) in [6.07, 6.45) is 8.15. The molecule has 2 rings (SSSR count). The highest BCUT2D eigenvalue weighted by Gasteiger charge is 2.34. The van der Waals surface area contributed by atoms with Crippen molar-refractivity contribution in [2.75, 3.05) is 0 Å². The van der Waals surface area contributed by atoms with Crippen LogP contribution in [0.4, 0.5) is 0 Å². The Morgan fingerprint density at radius 1 is 1.24 bits per heavy atom. The highest BCUT2D eigenvalue weighted by molar-refractivity contribution is 5.55. The van der Waals surface area contributed by atoms with E-state index in [-0.39, 0.29) is 5.92 Å². The van der Waals surface area contributed by atoms with Gasteiger partial charge in [0.05, 0.1) is 0 Å². The molecule has 17 heavy (non-hydrogen) atoms. The van der Waals surface area contributed by atoms with Crippen molar-refractivity contribution in [2.24, 2.45) is 5.92 Å². The molecule has 2 nitrogen and oxygen atoms in total. The fourth-order valence-electron chi connectivity index (χ4n) is 2.45. The molecule has 2 aliphatic carbocycles. The second-order valence-corrected chi connectivity index (χ2v) is 4.51. The van der Waals surface area contributed by atoms with Crippen molar-refractivity contribution in [3.05, 3.63) is 59.3 Å². The van der Waals surface area contributed by atoms with Gasteiger partial charge in [0.25, 0.3) is 0 Å². The molecule has 0 aromatic carbocycles. The molecular formula is C15H18O2. The van der Waals surface area contributed by atoms with Crippen LogP contribution in [0.2, 0.25) is 0 Å². The summed E-state index contributed by atoms with van der Waals surface area (Å²) in [6.45, 7) is 7.64. The van der Waals surface area contributed by atoms with Crippen LogP contribution in [0.15, 0.2) is 59.3 Å². The van der Waals surface area contributed by atoms with Gasteiger partial charge in [-0.25, -0.2) is 0 Å². The van der Waals surface area contributed by atoms with E-state index in [1.54, 1.807) is 6.08 Å². The number of rotatable bonds is 1. The first-order chi connectivity index (χ1) is 8.10. The van der Waals surface area contributed by atoms with Gasteiger partial charge < -0.3 is 10.2 Å². The summed E-state index contributed by atoms with van der Waals surface area (Å²) in [5, 5.41) is 20.3. The van der Waals surface area contributed by atoms with Crippen molar-refractivity contribution in [1.82, 2.24) is 0 Å². The van der Waals surface area contributed by atoms with Crippen LogP contribution in [0.5, 0.6) is 0 Å². The van der Waals surface area contributed by atoms with Gasteiger partial charge in [0.1, 0.15) is 12.2 Å². The normalized spacial score (nSPS) is 34.7. The first-order valence-electron chi connectivity index (χ1n) is 5.85. The average molecular weight is 230 g/mol. The van der Waals surface area contributed by atoms with Gasteiger partial charge >= 0.3 is 0 Å². The Morgan fingerprint density at radius 2 is 1.88 bits per heavy atom. The van der Waals surface area contributed by atoms with Crippen molar-refractivity contribution in [1.29, 1.82) is 0 Å². The lowest BCUT2D eigenvalue weighted by molar-refractivity contribution is 0.206. The lowest BCUT2D eigenvalue weighted by Crippen LogP contribution is -2.14. The van der Waals surface area contributed by atoms with Crippen LogP contribution in [-0.4, -0.2) is 22.4 Å². The van der Waals surface area contributed by atoms with E-state index in [9.17, 15) is 10.2 Å². The molecule has 2 aliphatic rings. The quantitative estimate of drug-likeness (QED) is 0.678. The topological polar surface area (TPSA) is 40.5 Å². The number of aliphatic hydroxyl groups is 2. The molecule has 90 valence electrons. The van der Waals surface area contributed by atoms with Crippen molar-refractivity contribution in [3.63, 3.8) is 0 Å². The smallest absolute Gasteiger partial charge is 0.103 e. The molecule has 0 saturated carbocycles. The van der Waals surface area contributed by atoms with E-state index in [2.05, 4.69) is 6.58 Å². The summed E-state index contributed by atoms with van der Waals surface area (Å²) in [5.41, 5.74) is 3.41. The van der Waals surface area contributed by atoms with Crippen LogP contribution in [0.1, 0.15) is 13.8 Å². The summed E-state index contributed by atoms with van der Waals surface area (Å²) in [6, 6.07) is 0. The van der Waals surface area contributed by atoms with Crippen molar-refractivity contribution in [3.8, 4) is 0 Å². The molecule has 0 heterocycles. The molecule has 0 fully saturated rings. The van der Waals surface area contributed by atoms with Crippen molar-refractivity contribution >= 4 is 0 Å². The zero-order chi connectivity index (χ0) is 12.6. The minimum atomic E-state index is -0.687. The summed E-state index contributed by atoms with van der Waals surface area (Å²) in [5.74, 6) is 0.175. The lowest BCUT2D eigenvalue weighted by Gasteiger charge is -2.12. The molecule has 2 N–H and O–H groups in total. The Bertz CT molecular complexity index is 463. The van der Waals surface area contributed by atoms with E-state index in [4.69, 9.17) is 0 Å². The van der Waals surface area contributed by atoms with Crippen LogP contribution >= 0.6 is 0 Å². The van der Waals surface area contributed by atoms with Gasteiger partial charge in [-0.1, -0.05) is 36.0 Å². The third-order valence-corrected chi connectivity index (χ3v) is 3.53. The van der Waals surface area contributed by atoms with Crippen LogP contribution < -0.4 is 0 Å². The van der Waals surface area contributed by atoms with Gasteiger partial charge in [-0.05, 0) is 30.6 Å². The first-order valence-corrected chi connectivity index (χ1v) is 5.85. The number of hydrogen-bond acceptors (Lipinski definition) is 2. The Hall–Kier alpha value is -1.38. The van der Waals surface area contributed by atoms with E-state index in [0.29, 0.717) is 5.57 Å². The molecule has 3 atom stereocenters. The maximum Gasteiger partial charge on any atom is 0.103 e. The third kappa shape index (κ3) is 1.84. The summed E-state index contributed by atoms with van der Waals surface area (Å²) in [7, 11) is 0. The Morgan fingerprint density at radius 3 is 2.47 bits per heavy atom. The molecule has 0 spiro atoms. The van der Waals surface area contributed by atoms with E-state index >= 15 is 0 Å². The van der Waals surface area contributed by atoms with Gasteiger partial charge in [-0.15, -0.1) is 6.58 Å². The lowest BCUT2D eigenvalue weighted by atomic mass is 9.97. The van der Waals surface area contributed by atoms with Crippen molar-refractivity contribution < 1.29 is 10.2 Å². The van der Waals surface area contributed by atoms with Gasteiger partial charge in [0, 0.05) is 5.92 Å². The number of hydrogen-bond donors (Lipinski definition) is 2. The SMILES string of the molecule is C=CC1C=CC2=C(C=C1C)C(O)/C(=C/C)C2O.